The SMILES string of the molecule is CC(=O)Oc1ccccc1[S+](C)C. The molecule has 0 aliphatic rings. The maximum atomic E-state index is 10.8. The number of carbonyl (C=O) groups is 1. The van der Waals surface area contributed by atoms with E-state index >= 15 is 0 Å². The van der Waals surface area contributed by atoms with Crippen LogP contribution in [0, 0.1) is 0 Å². The van der Waals surface area contributed by atoms with E-state index < -0.39 is 0 Å². The molecule has 0 aliphatic heterocycles. The number of esters is 1. The molecule has 13 heavy (non-hydrogen) atoms. The van der Waals surface area contributed by atoms with E-state index in [0.29, 0.717) is 5.75 Å². The zero-order valence-electron chi connectivity index (χ0n) is 8.03. The van der Waals surface area contributed by atoms with Crippen molar-refractivity contribution in [3.05, 3.63) is 24.3 Å². The van der Waals surface area contributed by atoms with Crippen LogP contribution in [0.3, 0.4) is 0 Å². The van der Waals surface area contributed by atoms with Crippen LogP contribution in [0.2, 0.25) is 0 Å². The van der Waals surface area contributed by atoms with Crippen LogP contribution in [0.25, 0.3) is 0 Å². The van der Waals surface area contributed by atoms with Gasteiger partial charge in [-0.3, -0.25) is 4.79 Å². The highest BCUT2D eigenvalue weighted by Crippen LogP contribution is 2.23. The van der Waals surface area contributed by atoms with Crippen LogP contribution in [0.5, 0.6) is 5.75 Å². The summed E-state index contributed by atoms with van der Waals surface area (Å²) in [6, 6.07) is 7.63. The van der Waals surface area contributed by atoms with Crippen LogP contribution >= 0.6 is 0 Å². The highest BCUT2D eigenvalue weighted by atomic mass is 32.2. The summed E-state index contributed by atoms with van der Waals surface area (Å²) in [4.78, 5) is 11.9. The molecule has 0 N–H and O–H groups in total. The van der Waals surface area contributed by atoms with Gasteiger partial charge in [-0.2, -0.15) is 0 Å². The Kier molecular flexibility index (Phi) is 3.37. The first kappa shape index (κ1) is 10.1. The molecule has 2 nitrogen and oxygen atoms in total. The van der Waals surface area contributed by atoms with Gasteiger partial charge in [-0.1, -0.05) is 12.1 Å². The van der Waals surface area contributed by atoms with Crippen molar-refractivity contribution in [2.75, 3.05) is 12.5 Å². The molecular weight excluding hydrogens is 184 g/mol. The lowest BCUT2D eigenvalue weighted by molar-refractivity contribution is -0.132. The Morgan fingerprint density at radius 3 is 2.46 bits per heavy atom. The molecule has 1 aromatic rings. The Hall–Kier alpha value is -0.960. The third kappa shape index (κ3) is 2.77. The predicted molar refractivity (Wildman–Crippen MR) is 55.2 cm³/mol. The zero-order chi connectivity index (χ0) is 9.84. The Morgan fingerprint density at radius 1 is 1.31 bits per heavy atom. The van der Waals surface area contributed by atoms with Crippen LogP contribution < -0.4 is 4.74 Å². The lowest BCUT2D eigenvalue weighted by Crippen LogP contribution is -2.06. The molecule has 0 bridgehead atoms. The summed E-state index contributed by atoms with van der Waals surface area (Å²) >= 11 is 0. The Morgan fingerprint density at radius 2 is 1.92 bits per heavy atom. The van der Waals surface area contributed by atoms with Gasteiger partial charge in [0.1, 0.15) is 12.5 Å². The average Bonchev–Trinajstić information content (AvgIpc) is 2.03. The van der Waals surface area contributed by atoms with Gasteiger partial charge in [-0.15, -0.1) is 0 Å². The summed E-state index contributed by atoms with van der Waals surface area (Å²) in [6.07, 6.45) is 4.20. The van der Waals surface area contributed by atoms with Gasteiger partial charge in [0.2, 0.25) is 0 Å². The minimum absolute atomic E-state index is 0.116. The van der Waals surface area contributed by atoms with Gasteiger partial charge in [0.05, 0.1) is 0 Å². The molecule has 0 amide bonds. The molecule has 0 fully saturated rings. The monoisotopic (exact) mass is 197 g/mol. The molecule has 1 aromatic carbocycles. The molecule has 3 heteroatoms. The third-order valence-electron chi connectivity index (χ3n) is 1.54. The van der Waals surface area contributed by atoms with Crippen molar-refractivity contribution in [3.63, 3.8) is 0 Å². The molecule has 0 aliphatic carbocycles. The summed E-state index contributed by atoms with van der Waals surface area (Å²) in [5, 5.41) is 0. The minimum atomic E-state index is -0.266. The lowest BCUT2D eigenvalue weighted by Gasteiger charge is -2.04. The quantitative estimate of drug-likeness (QED) is 0.411. The van der Waals surface area contributed by atoms with Gasteiger partial charge in [-0.05, 0) is 12.1 Å². The van der Waals surface area contributed by atoms with E-state index in [1.54, 1.807) is 0 Å². The molecular formula is C10H13O2S+. The van der Waals surface area contributed by atoms with Crippen LogP contribution in [-0.4, -0.2) is 18.5 Å². The average molecular weight is 197 g/mol. The van der Waals surface area contributed by atoms with E-state index in [2.05, 4.69) is 12.5 Å². The van der Waals surface area contributed by atoms with Gasteiger partial charge in [0.15, 0.2) is 10.6 Å². The molecule has 0 saturated carbocycles. The number of benzene rings is 1. The van der Waals surface area contributed by atoms with Gasteiger partial charge in [0.25, 0.3) is 0 Å². The molecule has 0 atom stereocenters. The van der Waals surface area contributed by atoms with Crippen molar-refractivity contribution >= 4 is 16.9 Å². The molecule has 1 rings (SSSR count). The first-order valence-electron chi connectivity index (χ1n) is 3.96. The van der Waals surface area contributed by atoms with E-state index in [0.717, 1.165) is 4.90 Å². The Bertz CT molecular complexity index is 308. The first-order chi connectivity index (χ1) is 6.11. The number of para-hydroxylation sites is 1. The number of carbonyl (C=O) groups excluding carboxylic acids is 1. The molecule has 0 aromatic heterocycles. The smallest absolute Gasteiger partial charge is 0.308 e. The maximum Gasteiger partial charge on any atom is 0.308 e. The lowest BCUT2D eigenvalue weighted by atomic mass is 10.3. The van der Waals surface area contributed by atoms with E-state index in [1.165, 1.54) is 6.92 Å². The summed E-state index contributed by atoms with van der Waals surface area (Å²) in [5.74, 6) is 0.418. The summed E-state index contributed by atoms with van der Waals surface area (Å²) in [6.45, 7) is 1.42. The molecule has 0 heterocycles. The summed E-state index contributed by atoms with van der Waals surface area (Å²) < 4.78 is 5.07. The van der Waals surface area contributed by atoms with Crippen LogP contribution in [0.4, 0.5) is 0 Å². The molecule has 0 radical (unpaired) electrons. The van der Waals surface area contributed by atoms with Crippen molar-refractivity contribution in [3.8, 4) is 5.75 Å². The number of ether oxygens (including phenoxy) is 1. The van der Waals surface area contributed by atoms with E-state index in [4.69, 9.17) is 4.74 Å². The zero-order valence-corrected chi connectivity index (χ0v) is 8.85. The Balaban J connectivity index is 2.97. The van der Waals surface area contributed by atoms with Crippen LogP contribution in [0.15, 0.2) is 29.2 Å². The predicted octanol–water partition coefficient (Wildman–Crippen LogP) is 1.85. The fraction of sp³-hybridized carbons (Fsp3) is 0.300. The molecule has 0 spiro atoms. The summed E-state index contributed by atoms with van der Waals surface area (Å²) in [7, 11) is 0.116. The second kappa shape index (κ2) is 4.33. The third-order valence-corrected chi connectivity index (χ3v) is 2.76. The van der Waals surface area contributed by atoms with Crippen LogP contribution in [-0.2, 0) is 15.7 Å². The summed E-state index contributed by atoms with van der Waals surface area (Å²) in [5.41, 5.74) is 0. The van der Waals surface area contributed by atoms with E-state index in [9.17, 15) is 4.79 Å². The fourth-order valence-electron chi connectivity index (χ4n) is 1.03. The minimum Gasteiger partial charge on any atom is -0.421 e. The second-order valence-corrected chi connectivity index (χ2v) is 4.93. The van der Waals surface area contributed by atoms with Gasteiger partial charge >= 0.3 is 5.97 Å². The van der Waals surface area contributed by atoms with Crippen molar-refractivity contribution in [2.45, 2.75) is 11.8 Å². The van der Waals surface area contributed by atoms with Gasteiger partial charge in [-0.25, -0.2) is 0 Å². The molecule has 70 valence electrons. The van der Waals surface area contributed by atoms with E-state index in [1.807, 2.05) is 24.3 Å². The molecule has 0 saturated heterocycles. The highest BCUT2D eigenvalue weighted by Gasteiger charge is 2.15. The van der Waals surface area contributed by atoms with Gasteiger partial charge in [0, 0.05) is 17.8 Å². The topological polar surface area (TPSA) is 26.3 Å². The maximum absolute atomic E-state index is 10.8. The number of rotatable bonds is 2. The molecule has 0 unspecified atom stereocenters. The largest absolute Gasteiger partial charge is 0.421 e. The Labute approximate surface area is 81.3 Å². The van der Waals surface area contributed by atoms with Crippen LogP contribution in [0.1, 0.15) is 6.92 Å². The van der Waals surface area contributed by atoms with Gasteiger partial charge < -0.3 is 4.74 Å². The van der Waals surface area contributed by atoms with Crippen molar-refractivity contribution in [1.29, 1.82) is 0 Å². The van der Waals surface area contributed by atoms with E-state index in [-0.39, 0.29) is 16.9 Å². The first-order valence-corrected chi connectivity index (χ1v) is 6.00. The number of hydrogen-bond acceptors (Lipinski definition) is 2. The standard InChI is InChI=1S/C10H13O2S/c1-8(11)12-9-6-4-5-7-10(9)13(2)3/h4-7H,1-3H3/q+1. The fourth-order valence-corrected chi connectivity index (χ4v) is 1.89. The van der Waals surface area contributed by atoms with Crippen molar-refractivity contribution < 1.29 is 9.53 Å². The van der Waals surface area contributed by atoms with Crippen molar-refractivity contribution in [2.24, 2.45) is 0 Å². The van der Waals surface area contributed by atoms with Crippen molar-refractivity contribution in [1.82, 2.24) is 0 Å². The second-order valence-electron chi connectivity index (χ2n) is 2.86. The number of hydrogen-bond donors (Lipinski definition) is 0. The normalized spacial score (nSPS) is 10.2. The highest BCUT2D eigenvalue weighted by molar-refractivity contribution is 7.95.